The van der Waals surface area contributed by atoms with Gasteiger partial charge in [0.15, 0.2) is 6.61 Å². The minimum absolute atomic E-state index is 0.0679. The van der Waals surface area contributed by atoms with Crippen LogP contribution in [0.5, 0.6) is 5.75 Å². The molecular formula is C25H24ClN3O2S2. The number of amides is 1. The van der Waals surface area contributed by atoms with Crippen molar-refractivity contribution < 1.29 is 9.53 Å². The number of fused-ring (bicyclic) bond motifs is 2. The summed E-state index contributed by atoms with van der Waals surface area (Å²) < 4.78 is 6.80. The maximum Gasteiger partial charge on any atom is 0.262 e. The van der Waals surface area contributed by atoms with Crippen molar-refractivity contribution >= 4 is 55.4 Å². The quantitative estimate of drug-likeness (QED) is 0.332. The SMILES string of the molecule is CC(C)N1CCc2c(sc(NC(=O)COc3ccc(Cl)cc3)c2-c2nc3ccccc3s2)C1. The predicted octanol–water partition coefficient (Wildman–Crippen LogP) is 6.46. The van der Waals surface area contributed by atoms with E-state index in [2.05, 4.69) is 30.1 Å². The van der Waals surface area contributed by atoms with E-state index in [1.54, 1.807) is 46.9 Å². The van der Waals surface area contributed by atoms with Gasteiger partial charge in [0.25, 0.3) is 5.91 Å². The summed E-state index contributed by atoms with van der Waals surface area (Å²) in [6, 6.07) is 15.6. The van der Waals surface area contributed by atoms with Crippen molar-refractivity contribution in [2.75, 3.05) is 18.5 Å². The largest absolute Gasteiger partial charge is 0.484 e. The van der Waals surface area contributed by atoms with Crippen LogP contribution in [0.4, 0.5) is 5.00 Å². The number of benzene rings is 2. The summed E-state index contributed by atoms with van der Waals surface area (Å²) in [5.41, 5.74) is 3.37. The third-order valence-corrected chi connectivity index (χ3v) is 8.20. The number of halogens is 1. The summed E-state index contributed by atoms with van der Waals surface area (Å²) in [6.07, 6.45) is 0.951. The fourth-order valence-electron chi connectivity index (χ4n) is 4.00. The minimum Gasteiger partial charge on any atom is -0.484 e. The Hall–Kier alpha value is -2.45. The van der Waals surface area contributed by atoms with Gasteiger partial charge >= 0.3 is 0 Å². The number of hydrogen-bond acceptors (Lipinski definition) is 6. The number of nitrogens with one attached hydrogen (secondary N) is 1. The molecule has 8 heteroatoms. The van der Waals surface area contributed by atoms with E-state index in [1.165, 1.54) is 10.4 Å². The average Bonchev–Trinajstić information content (AvgIpc) is 3.38. The van der Waals surface area contributed by atoms with Crippen LogP contribution in [0.25, 0.3) is 20.8 Å². The van der Waals surface area contributed by atoms with E-state index >= 15 is 0 Å². The third kappa shape index (κ3) is 4.77. The standard InChI is InChI=1S/C25H24ClN3O2S2/c1-15(2)29-12-11-18-21(13-29)33-25(23(18)24-27-19-5-3-4-6-20(19)32-24)28-22(30)14-31-17-9-7-16(26)8-10-17/h3-10,15H,11-14H2,1-2H3,(H,28,30). The molecule has 0 atom stereocenters. The Morgan fingerprint density at radius 2 is 1.97 bits per heavy atom. The number of nitrogens with zero attached hydrogens (tertiary/aromatic N) is 2. The second-order valence-electron chi connectivity index (χ2n) is 8.30. The van der Waals surface area contributed by atoms with Crippen LogP contribution in [0.15, 0.2) is 48.5 Å². The lowest BCUT2D eigenvalue weighted by atomic mass is 10.0. The minimum atomic E-state index is -0.188. The molecule has 0 spiro atoms. The van der Waals surface area contributed by atoms with Gasteiger partial charge in [-0.3, -0.25) is 9.69 Å². The molecule has 3 heterocycles. The van der Waals surface area contributed by atoms with E-state index in [-0.39, 0.29) is 12.5 Å². The van der Waals surface area contributed by atoms with Crippen molar-refractivity contribution in [2.24, 2.45) is 0 Å². The average molecular weight is 498 g/mol. The van der Waals surface area contributed by atoms with Crippen molar-refractivity contribution in [3.63, 3.8) is 0 Å². The lowest BCUT2D eigenvalue weighted by Gasteiger charge is -2.30. The van der Waals surface area contributed by atoms with Crippen molar-refractivity contribution in [3.05, 3.63) is 64.0 Å². The van der Waals surface area contributed by atoms with Crippen LogP contribution in [0.1, 0.15) is 24.3 Å². The highest BCUT2D eigenvalue weighted by Gasteiger charge is 2.28. The van der Waals surface area contributed by atoms with Crippen LogP contribution >= 0.6 is 34.3 Å². The molecule has 0 saturated heterocycles. The molecule has 4 aromatic rings. The van der Waals surface area contributed by atoms with Crippen LogP contribution < -0.4 is 10.1 Å². The van der Waals surface area contributed by atoms with Gasteiger partial charge in [0.05, 0.1) is 10.2 Å². The highest BCUT2D eigenvalue weighted by atomic mass is 35.5. The second kappa shape index (κ2) is 9.43. The molecule has 0 unspecified atom stereocenters. The number of anilines is 1. The molecule has 33 heavy (non-hydrogen) atoms. The maximum absolute atomic E-state index is 12.8. The molecule has 5 rings (SSSR count). The lowest BCUT2D eigenvalue weighted by Crippen LogP contribution is -2.35. The number of aromatic nitrogens is 1. The number of para-hydroxylation sites is 1. The topological polar surface area (TPSA) is 54.5 Å². The summed E-state index contributed by atoms with van der Waals surface area (Å²) in [6.45, 7) is 6.29. The fraction of sp³-hybridized carbons (Fsp3) is 0.280. The first-order valence-corrected chi connectivity index (χ1v) is 12.9. The molecule has 0 aliphatic carbocycles. The monoisotopic (exact) mass is 497 g/mol. The number of carbonyl (C=O) groups excluding carboxylic acids is 1. The molecule has 2 aromatic carbocycles. The zero-order valence-corrected chi connectivity index (χ0v) is 20.8. The van der Waals surface area contributed by atoms with E-state index in [4.69, 9.17) is 21.3 Å². The Morgan fingerprint density at radius 1 is 1.18 bits per heavy atom. The van der Waals surface area contributed by atoms with Crippen molar-refractivity contribution in [1.82, 2.24) is 9.88 Å². The molecule has 0 saturated carbocycles. The fourth-order valence-corrected chi connectivity index (χ4v) is 6.53. The van der Waals surface area contributed by atoms with Crippen molar-refractivity contribution in [1.29, 1.82) is 0 Å². The summed E-state index contributed by atoms with van der Waals surface area (Å²) in [7, 11) is 0. The lowest BCUT2D eigenvalue weighted by molar-refractivity contribution is -0.118. The summed E-state index contributed by atoms with van der Waals surface area (Å²) in [5.74, 6) is 0.422. The molecule has 0 radical (unpaired) electrons. The molecule has 1 aliphatic heterocycles. The molecule has 1 aliphatic rings. The Labute approximate surface area is 206 Å². The summed E-state index contributed by atoms with van der Waals surface area (Å²) in [5, 5.41) is 5.56. The van der Waals surface area contributed by atoms with E-state index in [0.29, 0.717) is 16.8 Å². The van der Waals surface area contributed by atoms with Gasteiger partial charge in [-0.1, -0.05) is 23.7 Å². The van der Waals surface area contributed by atoms with E-state index in [9.17, 15) is 4.79 Å². The van der Waals surface area contributed by atoms with Gasteiger partial charge in [0.1, 0.15) is 15.8 Å². The van der Waals surface area contributed by atoms with Gasteiger partial charge in [-0.15, -0.1) is 22.7 Å². The number of carbonyl (C=O) groups is 1. The van der Waals surface area contributed by atoms with E-state index in [0.717, 1.165) is 45.3 Å². The number of hydrogen-bond donors (Lipinski definition) is 1. The molecule has 1 N–H and O–H groups in total. The number of thiazole rings is 1. The molecule has 5 nitrogen and oxygen atoms in total. The molecule has 0 fully saturated rings. The zero-order chi connectivity index (χ0) is 22.9. The Kier molecular flexibility index (Phi) is 6.38. The maximum atomic E-state index is 12.8. The normalized spacial score (nSPS) is 13.9. The zero-order valence-electron chi connectivity index (χ0n) is 18.4. The first-order chi connectivity index (χ1) is 16.0. The van der Waals surface area contributed by atoms with Crippen molar-refractivity contribution in [3.8, 4) is 16.3 Å². The van der Waals surface area contributed by atoms with Crippen molar-refractivity contribution in [2.45, 2.75) is 32.9 Å². The van der Waals surface area contributed by atoms with E-state index < -0.39 is 0 Å². The molecular weight excluding hydrogens is 474 g/mol. The third-order valence-electron chi connectivity index (χ3n) is 5.76. The van der Waals surface area contributed by atoms with Gasteiger partial charge in [-0.2, -0.15) is 0 Å². The number of ether oxygens (including phenoxy) is 1. The smallest absolute Gasteiger partial charge is 0.262 e. The van der Waals surface area contributed by atoms with Crippen LogP contribution in [-0.2, 0) is 17.8 Å². The molecule has 0 bridgehead atoms. The van der Waals surface area contributed by atoms with Crippen LogP contribution in [0.3, 0.4) is 0 Å². The second-order valence-corrected chi connectivity index (χ2v) is 10.9. The van der Waals surface area contributed by atoms with Gasteiger partial charge in [-0.05, 0) is 62.2 Å². The highest BCUT2D eigenvalue weighted by Crippen LogP contribution is 2.45. The molecule has 2 aromatic heterocycles. The van der Waals surface area contributed by atoms with Crippen LogP contribution in [0.2, 0.25) is 5.02 Å². The Morgan fingerprint density at radius 3 is 2.73 bits per heavy atom. The van der Waals surface area contributed by atoms with Gasteiger partial charge < -0.3 is 10.1 Å². The summed E-state index contributed by atoms with van der Waals surface area (Å²) in [4.78, 5) is 21.5. The Balaban J connectivity index is 1.44. The van der Waals surface area contributed by atoms with Gasteiger partial charge in [-0.25, -0.2) is 4.98 Å². The van der Waals surface area contributed by atoms with Gasteiger partial charge in [0.2, 0.25) is 0 Å². The van der Waals surface area contributed by atoms with Crippen LogP contribution in [-0.4, -0.2) is 35.0 Å². The predicted molar refractivity (Wildman–Crippen MR) is 138 cm³/mol. The van der Waals surface area contributed by atoms with Crippen LogP contribution in [0, 0.1) is 0 Å². The summed E-state index contributed by atoms with van der Waals surface area (Å²) >= 11 is 9.26. The first kappa shape index (κ1) is 22.3. The highest BCUT2D eigenvalue weighted by molar-refractivity contribution is 7.22. The first-order valence-electron chi connectivity index (χ1n) is 10.9. The van der Waals surface area contributed by atoms with E-state index in [1.807, 2.05) is 18.2 Å². The molecule has 1 amide bonds. The number of thiophene rings is 1. The Bertz CT molecular complexity index is 1260. The van der Waals surface area contributed by atoms with Gasteiger partial charge in [0, 0.05) is 34.6 Å². The molecule has 170 valence electrons. The number of rotatable bonds is 6.